The van der Waals surface area contributed by atoms with Crippen molar-refractivity contribution in [3.8, 4) is 6.07 Å². The fraction of sp³-hybridized carbons (Fsp3) is 0.833. The molecular formula is C12H4F17NO4. The molecule has 0 amide bonds. The molecule has 0 rings (SSSR count). The van der Waals surface area contributed by atoms with E-state index in [1.807, 2.05) is 0 Å². The molecule has 200 valence electrons. The van der Waals surface area contributed by atoms with Crippen LogP contribution in [0, 0.1) is 11.3 Å². The lowest BCUT2D eigenvalue weighted by atomic mass is 10.2. The number of carbonyl (C=O) groups excluding carboxylic acids is 1. The second kappa shape index (κ2) is 9.04. The van der Waals surface area contributed by atoms with Gasteiger partial charge in [0.15, 0.2) is 0 Å². The van der Waals surface area contributed by atoms with Crippen LogP contribution in [0.4, 0.5) is 74.6 Å². The molecule has 0 fully saturated rings. The van der Waals surface area contributed by atoms with Crippen LogP contribution in [0.15, 0.2) is 0 Å². The maximum Gasteiger partial charge on any atom is 0.462 e. The van der Waals surface area contributed by atoms with Crippen molar-refractivity contribution in [2.24, 2.45) is 0 Å². The summed E-state index contributed by atoms with van der Waals surface area (Å²) >= 11 is 0. The summed E-state index contributed by atoms with van der Waals surface area (Å²) in [5.41, 5.74) is 0. The fourth-order valence-corrected chi connectivity index (χ4v) is 1.43. The maximum atomic E-state index is 13.9. The molecule has 5 nitrogen and oxygen atoms in total. The van der Waals surface area contributed by atoms with E-state index in [-0.39, 0.29) is 0 Å². The summed E-state index contributed by atoms with van der Waals surface area (Å²) in [5, 5.41) is 8.04. The van der Waals surface area contributed by atoms with Gasteiger partial charge in [0.1, 0.15) is 6.61 Å². The number of hydrogen-bond acceptors (Lipinski definition) is 5. The minimum absolute atomic E-state index is 1.01. The first kappa shape index (κ1) is 31.7. The van der Waals surface area contributed by atoms with Gasteiger partial charge < -0.3 is 4.74 Å². The SMILES string of the molecule is N#CCCOC(=O)[C@](F)(OC(F)(F)[C@@](F)(OC(F)(F)C(F)(F)C(F)(F)F)C(F)(F)F)C(F)(F)F. The number of esters is 1. The summed E-state index contributed by atoms with van der Waals surface area (Å²) < 4.78 is 225. The monoisotopic (exact) mass is 549 g/mol. The number of alkyl halides is 17. The van der Waals surface area contributed by atoms with E-state index in [2.05, 4.69) is 4.74 Å². The highest BCUT2D eigenvalue weighted by atomic mass is 19.4. The van der Waals surface area contributed by atoms with Crippen LogP contribution in [0.1, 0.15) is 6.42 Å². The van der Waals surface area contributed by atoms with E-state index in [0.29, 0.717) is 0 Å². The Morgan fingerprint density at radius 3 is 1.41 bits per heavy atom. The zero-order chi connectivity index (χ0) is 27.8. The average Bonchev–Trinajstić information content (AvgIpc) is 2.57. The Morgan fingerprint density at radius 1 is 0.647 bits per heavy atom. The van der Waals surface area contributed by atoms with Gasteiger partial charge in [0, 0.05) is 0 Å². The molecule has 0 saturated heterocycles. The highest BCUT2D eigenvalue weighted by Gasteiger charge is 2.85. The second-order valence-corrected chi connectivity index (χ2v) is 5.54. The molecule has 0 aliphatic heterocycles. The summed E-state index contributed by atoms with van der Waals surface area (Å²) in [5.74, 6) is -26.7. The third-order valence-electron chi connectivity index (χ3n) is 3.07. The van der Waals surface area contributed by atoms with Gasteiger partial charge in [-0.25, -0.2) is 4.79 Å². The Morgan fingerprint density at radius 2 is 1.09 bits per heavy atom. The predicted octanol–water partition coefficient (Wildman–Crippen LogP) is 5.32. The molecule has 22 heteroatoms. The van der Waals surface area contributed by atoms with E-state index < -0.39 is 67.4 Å². The van der Waals surface area contributed by atoms with Crippen molar-refractivity contribution in [3.63, 3.8) is 0 Å². The largest absolute Gasteiger partial charge is 0.462 e. The van der Waals surface area contributed by atoms with Crippen LogP contribution in [0.2, 0.25) is 0 Å². The number of carbonyl (C=O) groups is 1. The molecule has 0 aliphatic rings. The van der Waals surface area contributed by atoms with Crippen molar-refractivity contribution in [1.82, 2.24) is 0 Å². The van der Waals surface area contributed by atoms with Crippen LogP contribution in [0.25, 0.3) is 0 Å². The molecule has 0 heterocycles. The van der Waals surface area contributed by atoms with Gasteiger partial charge in [-0.2, -0.15) is 79.9 Å². The number of halogens is 17. The van der Waals surface area contributed by atoms with Gasteiger partial charge in [-0.3, -0.25) is 9.47 Å². The van der Waals surface area contributed by atoms with Gasteiger partial charge in [0.25, 0.3) is 0 Å². The zero-order valence-corrected chi connectivity index (χ0v) is 14.9. The standard InChI is InChI=1S/C12H4F17NO4/c13-5(8(17,18)19,4(31)32-3-1-2-30)33-12(28,29)7(16,10(23,24)25)34-11(26,27)6(14,15)9(20,21)22/h1,3H2/t5-,7-/m0/s1. The highest BCUT2D eigenvalue weighted by molar-refractivity contribution is 5.78. The van der Waals surface area contributed by atoms with Gasteiger partial charge in [-0.15, -0.1) is 0 Å². The lowest BCUT2D eigenvalue weighted by Gasteiger charge is -2.39. The minimum Gasteiger partial charge on any atom is -0.460 e. The Bertz CT molecular complexity index is 781. The van der Waals surface area contributed by atoms with Crippen molar-refractivity contribution in [1.29, 1.82) is 5.26 Å². The normalized spacial score (nSPS) is 18.0. The van der Waals surface area contributed by atoms with Gasteiger partial charge in [0.2, 0.25) is 0 Å². The van der Waals surface area contributed by atoms with E-state index in [1.165, 1.54) is 4.74 Å². The first-order valence-corrected chi connectivity index (χ1v) is 7.30. The molecule has 0 saturated carbocycles. The number of nitriles is 1. The maximum absolute atomic E-state index is 13.9. The summed E-state index contributed by atoms with van der Waals surface area (Å²) in [6, 6.07) is 1.01. The Balaban J connectivity index is 6.65. The van der Waals surface area contributed by atoms with Crippen LogP contribution < -0.4 is 0 Å². The summed E-state index contributed by atoms with van der Waals surface area (Å²) in [6.07, 6.45) is -39.9. The first-order chi connectivity index (χ1) is 14.6. The lowest BCUT2D eigenvalue weighted by Crippen LogP contribution is -2.68. The van der Waals surface area contributed by atoms with Crippen LogP contribution in [-0.4, -0.2) is 61.0 Å². The summed E-state index contributed by atoms with van der Waals surface area (Å²) in [6.45, 7) is -1.60. The highest BCUT2D eigenvalue weighted by Crippen LogP contribution is 2.56. The molecule has 0 N–H and O–H groups in total. The molecule has 0 radical (unpaired) electrons. The van der Waals surface area contributed by atoms with Gasteiger partial charge >= 0.3 is 54.3 Å². The van der Waals surface area contributed by atoms with Crippen molar-refractivity contribution >= 4 is 5.97 Å². The van der Waals surface area contributed by atoms with Crippen LogP contribution in [-0.2, 0) is 19.0 Å². The van der Waals surface area contributed by atoms with E-state index in [0.717, 1.165) is 6.07 Å². The Kier molecular flexibility index (Phi) is 8.43. The Labute approximate surface area is 173 Å². The van der Waals surface area contributed by atoms with E-state index in [9.17, 15) is 79.4 Å². The average molecular weight is 549 g/mol. The number of hydrogen-bond donors (Lipinski definition) is 0. The Hall–Kier alpha value is -2.31. The molecule has 2 atom stereocenters. The summed E-state index contributed by atoms with van der Waals surface area (Å²) in [4.78, 5) is 11.1. The third kappa shape index (κ3) is 5.66. The van der Waals surface area contributed by atoms with Crippen molar-refractivity contribution in [3.05, 3.63) is 0 Å². The quantitative estimate of drug-likeness (QED) is 0.222. The van der Waals surface area contributed by atoms with Crippen molar-refractivity contribution in [2.75, 3.05) is 6.61 Å². The molecule has 0 unspecified atom stereocenters. The van der Waals surface area contributed by atoms with E-state index in [4.69, 9.17) is 5.26 Å². The van der Waals surface area contributed by atoms with E-state index >= 15 is 0 Å². The van der Waals surface area contributed by atoms with E-state index in [1.54, 1.807) is 4.74 Å². The molecule has 34 heavy (non-hydrogen) atoms. The molecule has 0 aliphatic carbocycles. The first-order valence-electron chi connectivity index (χ1n) is 7.30. The number of ether oxygens (including phenoxy) is 3. The number of nitrogens with zero attached hydrogens (tertiary/aromatic N) is 1. The molecular weight excluding hydrogens is 545 g/mol. The van der Waals surface area contributed by atoms with Crippen LogP contribution in [0.3, 0.4) is 0 Å². The van der Waals surface area contributed by atoms with Crippen molar-refractivity contribution < 1.29 is 93.6 Å². The lowest BCUT2D eigenvalue weighted by molar-refractivity contribution is -0.548. The van der Waals surface area contributed by atoms with Gasteiger partial charge in [0.05, 0.1) is 12.5 Å². The van der Waals surface area contributed by atoms with Crippen LogP contribution >= 0.6 is 0 Å². The van der Waals surface area contributed by atoms with Gasteiger partial charge in [-0.05, 0) is 0 Å². The summed E-state index contributed by atoms with van der Waals surface area (Å²) in [7, 11) is 0. The zero-order valence-electron chi connectivity index (χ0n) is 14.9. The third-order valence-corrected chi connectivity index (χ3v) is 3.07. The fourth-order valence-electron chi connectivity index (χ4n) is 1.43. The predicted molar refractivity (Wildman–Crippen MR) is 64.0 cm³/mol. The molecule has 0 spiro atoms. The van der Waals surface area contributed by atoms with Crippen LogP contribution in [0.5, 0.6) is 0 Å². The van der Waals surface area contributed by atoms with Gasteiger partial charge in [-0.1, -0.05) is 0 Å². The smallest absolute Gasteiger partial charge is 0.460 e. The topological polar surface area (TPSA) is 68.5 Å². The molecule has 0 aromatic rings. The molecule has 0 aromatic carbocycles. The molecule has 0 bridgehead atoms. The number of rotatable bonds is 9. The molecule has 0 aromatic heterocycles. The van der Waals surface area contributed by atoms with Crippen molar-refractivity contribution in [2.45, 2.75) is 54.8 Å². The second-order valence-electron chi connectivity index (χ2n) is 5.54. The minimum atomic E-state index is -8.09.